The van der Waals surface area contributed by atoms with E-state index in [1.165, 1.54) is 6.42 Å². The van der Waals surface area contributed by atoms with Gasteiger partial charge in [-0.1, -0.05) is 19.1 Å². The van der Waals surface area contributed by atoms with E-state index in [-0.39, 0.29) is 11.4 Å². The first kappa shape index (κ1) is 13.9. The molecule has 0 unspecified atom stereocenters. The maximum Gasteiger partial charge on any atom is 0.253 e. The lowest BCUT2D eigenvalue weighted by Gasteiger charge is -2.42. The van der Waals surface area contributed by atoms with Crippen molar-refractivity contribution in [3.05, 3.63) is 29.8 Å². The summed E-state index contributed by atoms with van der Waals surface area (Å²) in [6.45, 7) is 6.31. The predicted octanol–water partition coefficient (Wildman–Crippen LogP) is 3.57. The molecule has 0 aromatic heterocycles. The Morgan fingerprint density at radius 3 is 2.53 bits per heavy atom. The van der Waals surface area contributed by atoms with Crippen molar-refractivity contribution in [1.82, 2.24) is 5.32 Å². The van der Waals surface area contributed by atoms with Crippen LogP contribution in [0.3, 0.4) is 0 Å². The molecule has 3 heteroatoms. The minimum absolute atomic E-state index is 0.0437. The van der Waals surface area contributed by atoms with Gasteiger partial charge in [0.25, 0.3) is 5.91 Å². The largest absolute Gasteiger partial charge is 0.382 e. The highest BCUT2D eigenvalue weighted by Gasteiger charge is 2.36. The first-order valence-corrected chi connectivity index (χ1v) is 7.24. The van der Waals surface area contributed by atoms with Crippen LogP contribution in [0.5, 0.6) is 0 Å². The van der Waals surface area contributed by atoms with Gasteiger partial charge in [0.15, 0.2) is 0 Å². The maximum absolute atomic E-state index is 12.5. The SMILES string of the molecule is CCC1(NC(=O)c2ccccc2NC(C)C)CCC1. The third-order valence-electron chi connectivity index (χ3n) is 3.98. The van der Waals surface area contributed by atoms with Crippen LogP contribution in [0.1, 0.15) is 56.8 Å². The summed E-state index contributed by atoms with van der Waals surface area (Å²) in [6.07, 6.45) is 4.45. The smallest absolute Gasteiger partial charge is 0.253 e. The Balaban J connectivity index is 2.14. The molecule has 1 fully saturated rings. The highest BCUT2D eigenvalue weighted by Crippen LogP contribution is 2.35. The standard InChI is InChI=1S/C16H24N2O/c1-4-16(10-7-11-16)18-15(19)13-8-5-6-9-14(13)17-12(2)3/h5-6,8-9,12,17H,4,7,10-11H2,1-3H3,(H,18,19). The van der Waals surface area contributed by atoms with Gasteiger partial charge in [0, 0.05) is 17.3 Å². The molecule has 1 aromatic rings. The molecule has 0 spiro atoms. The summed E-state index contributed by atoms with van der Waals surface area (Å²) in [6, 6.07) is 8.05. The third kappa shape index (κ3) is 3.09. The van der Waals surface area contributed by atoms with Crippen LogP contribution in [-0.2, 0) is 0 Å². The summed E-state index contributed by atoms with van der Waals surface area (Å²) in [5, 5.41) is 6.56. The third-order valence-corrected chi connectivity index (χ3v) is 3.98. The molecule has 1 amide bonds. The first-order valence-electron chi connectivity index (χ1n) is 7.24. The van der Waals surface area contributed by atoms with Gasteiger partial charge in [-0.15, -0.1) is 0 Å². The van der Waals surface area contributed by atoms with E-state index in [0.29, 0.717) is 6.04 Å². The van der Waals surface area contributed by atoms with Crippen molar-refractivity contribution in [2.24, 2.45) is 0 Å². The number of benzene rings is 1. The van der Waals surface area contributed by atoms with Crippen molar-refractivity contribution < 1.29 is 4.79 Å². The summed E-state index contributed by atoms with van der Waals surface area (Å²) in [5.74, 6) is 0.0466. The van der Waals surface area contributed by atoms with Crippen LogP contribution in [0, 0.1) is 0 Å². The van der Waals surface area contributed by atoms with E-state index in [4.69, 9.17) is 0 Å². The van der Waals surface area contributed by atoms with Crippen molar-refractivity contribution in [2.75, 3.05) is 5.32 Å². The van der Waals surface area contributed by atoms with Crippen LogP contribution in [-0.4, -0.2) is 17.5 Å². The van der Waals surface area contributed by atoms with E-state index < -0.39 is 0 Å². The van der Waals surface area contributed by atoms with Gasteiger partial charge in [-0.2, -0.15) is 0 Å². The fraction of sp³-hybridized carbons (Fsp3) is 0.562. The van der Waals surface area contributed by atoms with Gasteiger partial charge in [0.1, 0.15) is 0 Å². The second-order valence-electron chi connectivity index (χ2n) is 5.79. The molecular weight excluding hydrogens is 236 g/mol. The molecule has 0 heterocycles. The van der Waals surface area contributed by atoms with E-state index in [1.807, 2.05) is 24.3 Å². The Morgan fingerprint density at radius 1 is 1.32 bits per heavy atom. The molecule has 1 aliphatic carbocycles. The van der Waals surface area contributed by atoms with Crippen molar-refractivity contribution in [3.63, 3.8) is 0 Å². The van der Waals surface area contributed by atoms with E-state index in [0.717, 1.165) is 30.5 Å². The van der Waals surface area contributed by atoms with E-state index >= 15 is 0 Å². The molecule has 3 nitrogen and oxygen atoms in total. The molecule has 1 aromatic carbocycles. The lowest BCUT2D eigenvalue weighted by Crippen LogP contribution is -2.53. The van der Waals surface area contributed by atoms with Gasteiger partial charge in [-0.05, 0) is 51.7 Å². The highest BCUT2D eigenvalue weighted by atomic mass is 16.1. The number of carbonyl (C=O) groups is 1. The summed E-state index contributed by atoms with van der Waals surface area (Å²) in [4.78, 5) is 12.5. The number of nitrogens with one attached hydrogen (secondary N) is 2. The molecule has 0 radical (unpaired) electrons. The van der Waals surface area contributed by atoms with Crippen LogP contribution in [0.15, 0.2) is 24.3 Å². The maximum atomic E-state index is 12.5. The molecule has 1 aliphatic rings. The molecule has 104 valence electrons. The summed E-state index contributed by atoms with van der Waals surface area (Å²) >= 11 is 0. The van der Waals surface area contributed by atoms with Crippen LogP contribution < -0.4 is 10.6 Å². The van der Waals surface area contributed by atoms with Crippen molar-refractivity contribution >= 4 is 11.6 Å². The van der Waals surface area contributed by atoms with E-state index in [9.17, 15) is 4.79 Å². The molecule has 2 rings (SSSR count). The predicted molar refractivity (Wildman–Crippen MR) is 79.5 cm³/mol. The monoisotopic (exact) mass is 260 g/mol. The van der Waals surface area contributed by atoms with Crippen LogP contribution in [0.25, 0.3) is 0 Å². The second kappa shape index (κ2) is 5.64. The zero-order valence-corrected chi connectivity index (χ0v) is 12.1. The molecule has 19 heavy (non-hydrogen) atoms. The fourth-order valence-electron chi connectivity index (χ4n) is 2.60. The fourth-order valence-corrected chi connectivity index (χ4v) is 2.60. The number of hydrogen-bond donors (Lipinski definition) is 2. The van der Waals surface area contributed by atoms with E-state index in [2.05, 4.69) is 31.4 Å². The van der Waals surface area contributed by atoms with Gasteiger partial charge < -0.3 is 10.6 Å². The average molecular weight is 260 g/mol. The lowest BCUT2D eigenvalue weighted by atomic mass is 9.74. The Bertz CT molecular complexity index is 444. The Labute approximate surface area is 115 Å². The van der Waals surface area contributed by atoms with Crippen LogP contribution in [0.4, 0.5) is 5.69 Å². The number of carbonyl (C=O) groups excluding carboxylic acids is 1. The van der Waals surface area contributed by atoms with Gasteiger partial charge in [0.2, 0.25) is 0 Å². The zero-order chi connectivity index (χ0) is 13.9. The van der Waals surface area contributed by atoms with Crippen molar-refractivity contribution in [1.29, 1.82) is 0 Å². The molecule has 1 saturated carbocycles. The minimum Gasteiger partial charge on any atom is -0.382 e. The average Bonchev–Trinajstić information content (AvgIpc) is 2.33. The minimum atomic E-state index is 0.0437. The van der Waals surface area contributed by atoms with Gasteiger partial charge in [0.05, 0.1) is 5.56 Å². The van der Waals surface area contributed by atoms with Gasteiger partial charge in [-0.3, -0.25) is 4.79 Å². The quantitative estimate of drug-likeness (QED) is 0.849. The van der Waals surface area contributed by atoms with Crippen LogP contribution in [0.2, 0.25) is 0 Å². The van der Waals surface area contributed by atoms with Crippen molar-refractivity contribution in [2.45, 2.75) is 58.0 Å². The van der Waals surface area contributed by atoms with Crippen LogP contribution >= 0.6 is 0 Å². The number of para-hydroxylation sites is 1. The number of rotatable bonds is 5. The molecule has 0 saturated heterocycles. The normalized spacial score (nSPS) is 16.8. The number of amides is 1. The molecule has 0 bridgehead atoms. The summed E-state index contributed by atoms with van der Waals surface area (Å²) in [7, 11) is 0. The molecule has 0 atom stereocenters. The topological polar surface area (TPSA) is 41.1 Å². The number of anilines is 1. The van der Waals surface area contributed by atoms with Crippen molar-refractivity contribution in [3.8, 4) is 0 Å². The molecular formula is C16H24N2O. The first-order chi connectivity index (χ1) is 9.06. The summed E-state index contributed by atoms with van der Waals surface area (Å²) < 4.78 is 0. The van der Waals surface area contributed by atoms with Gasteiger partial charge >= 0.3 is 0 Å². The lowest BCUT2D eigenvalue weighted by molar-refractivity contribution is 0.0821. The second-order valence-corrected chi connectivity index (χ2v) is 5.79. The Morgan fingerprint density at radius 2 is 2.00 bits per heavy atom. The molecule has 2 N–H and O–H groups in total. The highest BCUT2D eigenvalue weighted by molar-refractivity contribution is 6.00. The summed E-state index contributed by atoms with van der Waals surface area (Å²) in [5.41, 5.74) is 1.71. The van der Waals surface area contributed by atoms with Gasteiger partial charge in [-0.25, -0.2) is 0 Å². The van der Waals surface area contributed by atoms with E-state index in [1.54, 1.807) is 0 Å². The zero-order valence-electron chi connectivity index (χ0n) is 12.1. The molecule has 0 aliphatic heterocycles. The number of hydrogen-bond acceptors (Lipinski definition) is 2. The Hall–Kier alpha value is -1.51. The Kier molecular flexibility index (Phi) is 4.13.